The number of methoxy groups -OCH3 is 1. The number of carbonyl (C=O) groups excluding carboxylic acids is 2. The minimum atomic E-state index is -4.32. The molecule has 0 aliphatic heterocycles. The van der Waals surface area contributed by atoms with Crippen LogP contribution in [0.5, 0.6) is 11.5 Å². The molecule has 0 aliphatic rings. The van der Waals surface area contributed by atoms with Gasteiger partial charge in [0.25, 0.3) is 0 Å². The number of rotatable bonds is 15. The summed E-state index contributed by atoms with van der Waals surface area (Å²) in [5, 5.41) is 18.9. The first-order valence-corrected chi connectivity index (χ1v) is 21.3. The predicted molar refractivity (Wildman–Crippen MR) is 232 cm³/mol. The van der Waals surface area contributed by atoms with E-state index in [9.17, 15) is 23.8 Å². The second-order valence-corrected chi connectivity index (χ2v) is 17.0. The second-order valence-electron chi connectivity index (χ2n) is 13.9. The van der Waals surface area contributed by atoms with Crippen LogP contribution in [0.25, 0.3) is 20.2 Å². The van der Waals surface area contributed by atoms with Gasteiger partial charge >= 0.3 is 29.6 Å². The Hall–Kier alpha value is -4.04. The first-order valence-electron chi connectivity index (χ1n) is 18.8. The largest absolute Gasteiger partial charge is 1.00 e. The maximum absolute atomic E-state index is 12.5. The summed E-state index contributed by atoms with van der Waals surface area (Å²) >= 11 is 1.62. The molecular formula is C46H50NaO11PS. The molecule has 6 aromatic rings. The second kappa shape index (κ2) is 23.8. The normalized spacial score (nSPS) is 11.9. The molecule has 1 heterocycles. The maximum Gasteiger partial charge on any atom is 1.00 e. The molecule has 0 aliphatic carbocycles. The minimum absolute atomic E-state index is 0. The zero-order valence-corrected chi connectivity index (χ0v) is 38.8. The Kier molecular flexibility index (Phi) is 20.0. The summed E-state index contributed by atoms with van der Waals surface area (Å²) in [6, 6.07) is 31.5. The Balaban J connectivity index is 0.000000238. The smallest absolute Gasteiger partial charge is 0.790 e. The Labute approximate surface area is 376 Å². The maximum atomic E-state index is 12.5. The number of ketones is 1. The molecule has 0 saturated carbocycles. The molecule has 5 aromatic carbocycles. The van der Waals surface area contributed by atoms with Gasteiger partial charge in [0.1, 0.15) is 37.7 Å². The number of hydrogen-bond donors (Lipinski definition) is 2. The van der Waals surface area contributed by atoms with Gasteiger partial charge in [-0.25, -0.2) is 0 Å². The van der Waals surface area contributed by atoms with Gasteiger partial charge in [-0.3, -0.25) is 14.4 Å². The van der Waals surface area contributed by atoms with Crippen LogP contribution in [0.3, 0.4) is 0 Å². The zero-order chi connectivity index (χ0) is 43.2. The number of aliphatic hydroxyl groups is 2. The minimum Gasteiger partial charge on any atom is -0.790 e. The third-order valence-electron chi connectivity index (χ3n) is 8.94. The van der Waals surface area contributed by atoms with Crippen molar-refractivity contribution >= 4 is 55.5 Å². The number of fused-ring (bicyclic) bond motifs is 2. The monoisotopic (exact) mass is 864 g/mol. The third-order valence-corrected chi connectivity index (χ3v) is 11.8. The van der Waals surface area contributed by atoms with Crippen LogP contribution in [0.15, 0.2) is 114 Å². The summed E-state index contributed by atoms with van der Waals surface area (Å²) in [7, 11) is -2.68. The molecule has 0 radical (unpaired) electrons. The Morgan fingerprint density at radius 1 is 0.717 bits per heavy atom. The van der Waals surface area contributed by atoms with E-state index in [1.54, 1.807) is 88.6 Å². The Morgan fingerprint density at radius 2 is 1.28 bits per heavy atom. The number of ether oxygens (including phenoxy) is 4. The van der Waals surface area contributed by atoms with Gasteiger partial charge in [0, 0.05) is 43.7 Å². The van der Waals surface area contributed by atoms with Crippen molar-refractivity contribution in [2.75, 3.05) is 46.8 Å². The van der Waals surface area contributed by atoms with Gasteiger partial charge < -0.3 is 38.6 Å². The number of carbonyl (C=O) groups is 2. The topological polar surface area (TPSA) is 169 Å². The van der Waals surface area contributed by atoms with Crippen LogP contribution >= 0.6 is 18.7 Å². The SMILES string of the molecule is CC(C)(OCCO)C(=O)c1ccc(OCCO)cc1.COCCOc1ccc2sc3ccccc3c(=O)c2c1.Cc1cc(C)c(C(=O)P(=O)([O-])c2ccccc2)c(C)c1.[Na+]. The van der Waals surface area contributed by atoms with Crippen molar-refractivity contribution in [2.24, 2.45) is 0 Å². The van der Waals surface area contributed by atoms with Gasteiger partial charge in [0.2, 0.25) is 5.52 Å². The average molecular weight is 865 g/mol. The summed E-state index contributed by atoms with van der Waals surface area (Å²) in [6.45, 7) is 9.96. The van der Waals surface area contributed by atoms with Crippen LogP contribution in [0.1, 0.15) is 51.3 Å². The molecule has 0 fully saturated rings. The van der Waals surface area contributed by atoms with Gasteiger partial charge in [-0.1, -0.05) is 60.2 Å². The fourth-order valence-corrected chi connectivity index (χ4v) is 8.60. The van der Waals surface area contributed by atoms with Gasteiger partial charge in [0.15, 0.2) is 11.2 Å². The van der Waals surface area contributed by atoms with E-state index >= 15 is 0 Å². The molecule has 312 valence electrons. The number of aryl methyl sites for hydroxylation is 3. The number of Topliss-reactive ketones (excluding diaryl/α,β-unsaturated/α-hetero) is 1. The van der Waals surface area contributed by atoms with Crippen LogP contribution in [0.2, 0.25) is 0 Å². The van der Waals surface area contributed by atoms with Crippen LogP contribution in [-0.4, -0.2) is 73.9 Å². The predicted octanol–water partition coefficient (Wildman–Crippen LogP) is 4.19. The summed E-state index contributed by atoms with van der Waals surface area (Å²) in [4.78, 5) is 49.6. The van der Waals surface area contributed by atoms with Crippen molar-refractivity contribution in [3.05, 3.63) is 147 Å². The van der Waals surface area contributed by atoms with Crippen molar-refractivity contribution in [3.63, 3.8) is 0 Å². The van der Waals surface area contributed by atoms with Crippen molar-refractivity contribution in [2.45, 2.75) is 40.2 Å². The van der Waals surface area contributed by atoms with E-state index in [1.165, 1.54) is 12.1 Å². The number of benzene rings is 5. The molecule has 11 nitrogen and oxygen atoms in total. The summed E-state index contributed by atoms with van der Waals surface area (Å²) in [6.07, 6.45) is 0. The quantitative estimate of drug-likeness (QED) is 0.0500. The van der Waals surface area contributed by atoms with Crippen molar-refractivity contribution < 1.29 is 77.8 Å². The molecule has 6 rings (SSSR count). The fraction of sp³-hybridized carbons (Fsp3) is 0.283. The van der Waals surface area contributed by atoms with Crippen LogP contribution in [0.4, 0.5) is 0 Å². The van der Waals surface area contributed by atoms with Gasteiger partial charge in [-0.15, -0.1) is 11.3 Å². The Morgan fingerprint density at radius 3 is 1.90 bits per heavy atom. The van der Waals surface area contributed by atoms with Gasteiger partial charge in [0.05, 0.1) is 26.4 Å². The zero-order valence-electron chi connectivity index (χ0n) is 35.1. The van der Waals surface area contributed by atoms with Crippen LogP contribution in [0, 0.1) is 20.8 Å². The van der Waals surface area contributed by atoms with E-state index in [1.807, 2.05) is 61.5 Å². The van der Waals surface area contributed by atoms with Crippen molar-refractivity contribution in [1.82, 2.24) is 0 Å². The van der Waals surface area contributed by atoms with Crippen LogP contribution in [-0.2, 0) is 14.0 Å². The average Bonchev–Trinajstić information content (AvgIpc) is 3.23. The van der Waals surface area contributed by atoms with Crippen molar-refractivity contribution in [1.29, 1.82) is 0 Å². The molecule has 2 N–H and O–H groups in total. The molecule has 0 bridgehead atoms. The molecule has 1 aromatic heterocycles. The molecule has 0 spiro atoms. The van der Waals surface area contributed by atoms with E-state index < -0.39 is 18.5 Å². The van der Waals surface area contributed by atoms with Gasteiger partial charge in [-0.05, 0) is 100 Å². The first-order chi connectivity index (χ1) is 28.1. The first kappa shape index (κ1) is 50.3. The number of aliphatic hydroxyl groups excluding tert-OH is 2. The molecule has 0 amide bonds. The Bertz CT molecular complexity index is 2430. The molecular weight excluding hydrogens is 815 g/mol. The van der Waals surface area contributed by atoms with Crippen molar-refractivity contribution in [3.8, 4) is 11.5 Å². The van der Waals surface area contributed by atoms with Crippen LogP contribution < -0.4 is 54.7 Å². The summed E-state index contributed by atoms with van der Waals surface area (Å²) in [5.41, 5.74) is 1.48. The summed E-state index contributed by atoms with van der Waals surface area (Å²) < 4.78 is 35.4. The van der Waals surface area contributed by atoms with E-state index in [4.69, 9.17) is 29.2 Å². The van der Waals surface area contributed by atoms with E-state index in [0.717, 1.165) is 20.3 Å². The molecule has 14 heteroatoms. The molecule has 0 saturated heterocycles. The molecule has 1 atom stereocenters. The van der Waals surface area contributed by atoms with E-state index in [-0.39, 0.29) is 78.1 Å². The van der Waals surface area contributed by atoms with Gasteiger partial charge in [-0.2, -0.15) is 0 Å². The standard InChI is InChI=1S/C16H17O3P.C16H14O3S.C14H20O5.Na/c1-11-9-12(2)15(13(3)10-11)16(17)20(18,19)14-7-5-4-6-8-14;1-18-8-9-19-11-6-7-15-13(10-11)16(17)12-4-2-3-5-14(12)20-15;1-14(2,19-10-8-16)13(17)11-3-5-12(6-4-11)18-9-7-15;/h4-10H,1-3H3,(H,18,19);2-7,10H,8-9H2,1H3;3-6,15-16H,7-10H2,1-2H3;/q;;;+1/p-1. The summed E-state index contributed by atoms with van der Waals surface area (Å²) in [5.74, 6) is 1.14. The molecule has 1 unspecified atom stereocenters. The van der Waals surface area contributed by atoms with E-state index in [0.29, 0.717) is 46.8 Å². The van der Waals surface area contributed by atoms with E-state index in [2.05, 4.69) is 0 Å². The molecule has 60 heavy (non-hydrogen) atoms. The fourth-order valence-electron chi connectivity index (χ4n) is 6.10. The number of hydrogen-bond acceptors (Lipinski definition) is 12. The third kappa shape index (κ3) is 13.5.